The van der Waals surface area contributed by atoms with Crippen LogP contribution in [0.25, 0.3) is 0 Å². The molecule has 1 heterocycles. The molecule has 2 aromatic rings. The van der Waals surface area contributed by atoms with Gasteiger partial charge in [0, 0.05) is 31.6 Å². The van der Waals surface area contributed by atoms with E-state index in [1.54, 1.807) is 17.0 Å². The average molecular weight is 411 g/mol. The van der Waals surface area contributed by atoms with E-state index in [1.807, 2.05) is 68.1 Å². The minimum absolute atomic E-state index is 0.0164. The van der Waals surface area contributed by atoms with Crippen molar-refractivity contribution in [2.45, 2.75) is 27.4 Å². The first-order chi connectivity index (χ1) is 14.3. The first-order valence-electron chi connectivity index (χ1n) is 10.3. The standard InChI is InChI=1S/C24H30N2O4/c1-24(2,3)23(28)26-15-13-25(14-16-26)22(27)18-30-21-11-9-20(10-12-21)29-17-19-7-5-4-6-8-19/h4-12H,13-18H2,1-3H3. The smallest absolute Gasteiger partial charge is 0.260 e. The highest BCUT2D eigenvalue weighted by Crippen LogP contribution is 2.20. The number of nitrogens with zero attached hydrogens (tertiary/aromatic N) is 2. The predicted molar refractivity (Wildman–Crippen MR) is 115 cm³/mol. The molecular weight excluding hydrogens is 380 g/mol. The minimum atomic E-state index is -0.397. The van der Waals surface area contributed by atoms with Gasteiger partial charge in [0.05, 0.1) is 0 Å². The maximum Gasteiger partial charge on any atom is 0.260 e. The summed E-state index contributed by atoms with van der Waals surface area (Å²) in [5.41, 5.74) is 0.708. The van der Waals surface area contributed by atoms with Crippen LogP contribution in [-0.2, 0) is 16.2 Å². The molecule has 0 N–H and O–H groups in total. The van der Waals surface area contributed by atoms with Crippen molar-refractivity contribution >= 4 is 11.8 Å². The second kappa shape index (κ2) is 9.65. The zero-order valence-corrected chi connectivity index (χ0v) is 18.0. The highest BCUT2D eigenvalue weighted by atomic mass is 16.5. The van der Waals surface area contributed by atoms with Crippen LogP contribution >= 0.6 is 0 Å². The quantitative estimate of drug-likeness (QED) is 0.733. The third-order valence-corrected chi connectivity index (χ3v) is 5.00. The number of piperazine rings is 1. The summed E-state index contributed by atoms with van der Waals surface area (Å²) in [5, 5.41) is 0. The molecule has 0 saturated carbocycles. The summed E-state index contributed by atoms with van der Waals surface area (Å²) in [5.74, 6) is 1.43. The Hall–Kier alpha value is -3.02. The van der Waals surface area contributed by atoms with E-state index in [1.165, 1.54) is 0 Å². The maximum atomic E-state index is 12.4. The molecule has 6 nitrogen and oxygen atoms in total. The van der Waals surface area contributed by atoms with Crippen molar-refractivity contribution in [3.8, 4) is 11.5 Å². The number of carbonyl (C=O) groups excluding carboxylic acids is 2. The van der Waals surface area contributed by atoms with Crippen LogP contribution in [0.15, 0.2) is 54.6 Å². The summed E-state index contributed by atoms with van der Waals surface area (Å²) in [4.78, 5) is 28.4. The van der Waals surface area contributed by atoms with Crippen LogP contribution in [0.1, 0.15) is 26.3 Å². The molecule has 0 aliphatic carbocycles. The molecule has 3 rings (SSSR count). The van der Waals surface area contributed by atoms with E-state index in [-0.39, 0.29) is 18.4 Å². The van der Waals surface area contributed by atoms with Crippen LogP contribution in [0.5, 0.6) is 11.5 Å². The van der Waals surface area contributed by atoms with Crippen molar-refractivity contribution in [3.63, 3.8) is 0 Å². The predicted octanol–water partition coefficient (Wildman–Crippen LogP) is 3.36. The lowest BCUT2D eigenvalue weighted by Gasteiger charge is -2.37. The fourth-order valence-electron chi connectivity index (χ4n) is 3.24. The van der Waals surface area contributed by atoms with Crippen LogP contribution in [-0.4, -0.2) is 54.4 Å². The van der Waals surface area contributed by atoms with Gasteiger partial charge in [-0.05, 0) is 29.8 Å². The molecule has 0 atom stereocenters. The molecule has 2 aromatic carbocycles. The lowest BCUT2D eigenvalue weighted by molar-refractivity contribution is -0.145. The number of benzene rings is 2. The van der Waals surface area contributed by atoms with E-state index in [4.69, 9.17) is 9.47 Å². The Labute approximate surface area is 178 Å². The van der Waals surface area contributed by atoms with E-state index in [0.717, 1.165) is 11.3 Å². The summed E-state index contributed by atoms with van der Waals surface area (Å²) < 4.78 is 11.4. The van der Waals surface area contributed by atoms with E-state index in [9.17, 15) is 9.59 Å². The first kappa shape index (κ1) is 21.7. The Bertz CT molecular complexity index is 836. The number of ether oxygens (including phenoxy) is 2. The monoisotopic (exact) mass is 410 g/mol. The summed E-state index contributed by atoms with van der Waals surface area (Å²) >= 11 is 0. The van der Waals surface area contributed by atoms with Gasteiger partial charge in [-0.3, -0.25) is 9.59 Å². The van der Waals surface area contributed by atoms with Crippen LogP contribution in [0, 0.1) is 5.41 Å². The van der Waals surface area contributed by atoms with Gasteiger partial charge in [-0.1, -0.05) is 51.1 Å². The molecule has 30 heavy (non-hydrogen) atoms. The van der Waals surface area contributed by atoms with Gasteiger partial charge in [0.2, 0.25) is 5.91 Å². The van der Waals surface area contributed by atoms with Crippen LogP contribution in [0.4, 0.5) is 0 Å². The topological polar surface area (TPSA) is 59.1 Å². The molecule has 1 saturated heterocycles. The summed E-state index contributed by atoms with van der Waals surface area (Å²) in [6.07, 6.45) is 0. The molecule has 0 radical (unpaired) electrons. The Morgan fingerprint density at radius 2 is 1.33 bits per heavy atom. The van der Waals surface area contributed by atoms with Crippen molar-refractivity contribution in [1.29, 1.82) is 0 Å². The number of carbonyl (C=O) groups is 2. The SMILES string of the molecule is CC(C)(C)C(=O)N1CCN(C(=O)COc2ccc(OCc3ccccc3)cc2)CC1. The van der Waals surface area contributed by atoms with Crippen molar-refractivity contribution in [1.82, 2.24) is 9.80 Å². The fourth-order valence-corrected chi connectivity index (χ4v) is 3.24. The second-order valence-electron chi connectivity index (χ2n) is 8.46. The lowest BCUT2D eigenvalue weighted by atomic mass is 9.94. The third kappa shape index (κ3) is 5.99. The van der Waals surface area contributed by atoms with Gasteiger partial charge < -0.3 is 19.3 Å². The highest BCUT2D eigenvalue weighted by molar-refractivity contribution is 5.82. The third-order valence-electron chi connectivity index (χ3n) is 5.00. The van der Waals surface area contributed by atoms with Gasteiger partial charge in [0.15, 0.2) is 6.61 Å². The Morgan fingerprint density at radius 1 is 0.800 bits per heavy atom. The maximum absolute atomic E-state index is 12.4. The molecule has 0 aromatic heterocycles. The molecule has 160 valence electrons. The average Bonchev–Trinajstić information content (AvgIpc) is 2.76. The molecule has 1 aliphatic rings. The molecule has 0 bridgehead atoms. The zero-order valence-electron chi connectivity index (χ0n) is 18.0. The number of hydrogen-bond donors (Lipinski definition) is 0. The molecule has 0 unspecified atom stereocenters. The van der Waals surface area contributed by atoms with Gasteiger partial charge in [-0.25, -0.2) is 0 Å². The minimum Gasteiger partial charge on any atom is -0.489 e. The van der Waals surface area contributed by atoms with Gasteiger partial charge >= 0.3 is 0 Å². The van der Waals surface area contributed by atoms with E-state index < -0.39 is 5.41 Å². The summed E-state index contributed by atoms with van der Waals surface area (Å²) in [6, 6.07) is 17.2. The molecule has 2 amide bonds. The Balaban J connectivity index is 1.41. The highest BCUT2D eigenvalue weighted by Gasteiger charge is 2.30. The van der Waals surface area contributed by atoms with Gasteiger partial charge in [0.1, 0.15) is 18.1 Å². The van der Waals surface area contributed by atoms with Gasteiger partial charge in [-0.2, -0.15) is 0 Å². The largest absolute Gasteiger partial charge is 0.489 e. The van der Waals surface area contributed by atoms with Gasteiger partial charge in [0.25, 0.3) is 5.91 Å². The Kier molecular flexibility index (Phi) is 6.98. The van der Waals surface area contributed by atoms with Crippen molar-refractivity contribution in [2.75, 3.05) is 32.8 Å². The molecule has 0 spiro atoms. The van der Waals surface area contributed by atoms with Crippen molar-refractivity contribution in [2.24, 2.45) is 5.41 Å². The number of hydrogen-bond acceptors (Lipinski definition) is 4. The number of rotatable bonds is 6. The van der Waals surface area contributed by atoms with Crippen molar-refractivity contribution in [3.05, 3.63) is 60.2 Å². The lowest BCUT2D eigenvalue weighted by Crippen LogP contribution is -2.53. The van der Waals surface area contributed by atoms with Crippen molar-refractivity contribution < 1.29 is 19.1 Å². The molecule has 6 heteroatoms. The zero-order chi connectivity index (χ0) is 21.6. The number of amides is 2. The van der Waals surface area contributed by atoms with Crippen LogP contribution in [0.3, 0.4) is 0 Å². The second-order valence-corrected chi connectivity index (χ2v) is 8.46. The first-order valence-corrected chi connectivity index (χ1v) is 10.3. The molecular formula is C24H30N2O4. The normalized spacial score (nSPS) is 14.4. The van der Waals surface area contributed by atoms with Crippen LogP contribution in [0.2, 0.25) is 0 Å². The molecule has 1 aliphatic heterocycles. The van der Waals surface area contributed by atoms with Gasteiger partial charge in [-0.15, -0.1) is 0 Å². The summed E-state index contributed by atoms with van der Waals surface area (Å²) in [7, 11) is 0. The Morgan fingerprint density at radius 3 is 1.90 bits per heavy atom. The van der Waals surface area contributed by atoms with E-state index in [2.05, 4.69) is 0 Å². The molecule has 1 fully saturated rings. The van der Waals surface area contributed by atoms with Crippen LogP contribution < -0.4 is 9.47 Å². The van der Waals surface area contributed by atoms with E-state index >= 15 is 0 Å². The summed E-state index contributed by atoms with van der Waals surface area (Å²) in [6.45, 7) is 8.44. The van der Waals surface area contributed by atoms with E-state index in [0.29, 0.717) is 38.5 Å². The fraction of sp³-hybridized carbons (Fsp3) is 0.417.